The molecule has 3 N–H and O–H groups in total. The van der Waals surface area contributed by atoms with Crippen molar-refractivity contribution in [2.45, 2.75) is 4.75 Å². The number of benzene rings is 3. The van der Waals surface area contributed by atoms with Gasteiger partial charge in [-0.3, -0.25) is 4.55 Å². The molecule has 0 radical (unpaired) electrons. The van der Waals surface area contributed by atoms with Crippen LogP contribution in [-0.2, 0) is 14.9 Å². The molecule has 0 amide bonds. The van der Waals surface area contributed by atoms with E-state index >= 15 is 0 Å². The number of hydrogen-bond donors (Lipinski definition) is 3. The van der Waals surface area contributed by atoms with E-state index in [1.807, 2.05) is 0 Å². The summed E-state index contributed by atoms with van der Waals surface area (Å²) in [6.07, 6.45) is 0. The van der Waals surface area contributed by atoms with Crippen LogP contribution in [0, 0.1) is 0 Å². The van der Waals surface area contributed by atoms with Crippen LogP contribution in [0.3, 0.4) is 0 Å². The zero-order valence-electron chi connectivity index (χ0n) is 14.3. The molecule has 0 bridgehead atoms. The average Bonchev–Trinajstić information content (AvgIpc) is 2.62. The normalized spacial score (nSPS) is 13.8. The molecule has 0 saturated heterocycles. The van der Waals surface area contributed by atoms with Crippen molar-refractivity contribution in [3.63, 3.8) is 0 Å². The van der Waals surface area contributed by atoms with Crippen molar-refractivity contribution < 1.29 is 23.2 Å². The fourth-order valence-electron chi connectivity index (χ4n) is 3.21. The number of phenolic OH excluding ortho intramolecular Hbond substituents is 2. The van der Waals surface area contributed by atoms with Crippen LogP contribution in [0.5, 0.6) is 11.5 Å². The van der Waals surface area contributed by atoms with Crippen molar-refractivity contribution >= 4 is 56.5 Å². The van der Waals surface area contributed by atoms with Crippen molar-refractivity contribution in [3.05, 3.63) is 91.4 Å². The van der Waals surface area contributed by atoms with E-state index in [0.29, 0.717) is 0 Å². The second-order valence-electron chi connectivity index (χ2n) is 6.09. The molecule has 0 aliphatic heterocycles. The van der Waals surface area contributed by atoms with Crippen LogP contribution in [0.15, 0.2) is 54.6 Å². The topological polar surface area (TPSA) is 94.8 Å². The van der Waals surface area contributed by atoms with E-state index in [1.54, 1.807) is 6.07 Å². The molecule has 5 nitrogen and oxygen atoms in total. The minimum absolute atomic E-state index is 0.0231. The second kappa shape index (κ2) is 7.87. The largest absolute Gasteiger partial charge is 0.508 e. The van der Waals surface area contributed by atoms with Crippen LogP contribution in [0.2, 0.25) is 20.1 Å². The summed E-state index contributed by atoms with van der Waals surface area (Å²) in [4.78, 5) is 0. The molecule has 3 rings (SSSR count). The van der Waals surface area contributed by atoms with E-state index in [4.69, 9.17) is 46.4 Å². The molecule has 29 heavy (non-hydrogen) atoms. The highest BCUT2D eigenvalue weighted by molar-refractivity contribution is 7.87. The third-order valence-electron chi connectivity index (χ3n) is 4.39. The van der Waals surface area contributed by atoms with Crippen LogP contribution in [0.4, 0.5) is 0 Å². The third kappa shape index (κ3) is 3.65. The van der Waals surface area contributed by atoms with Crippen LogP contribution in [0.25, 0.3) is 0 Å². The maximum absolute atomic E-state index is 12.9. The highest BCUT2D eigenvalue weighted by Crippen LogP contribution is 2.51. The Balaban J connectivity index is 2.61. The lowest BCUT2D eigenvalue weighted by atomic mass is 9.83. The van der Waals surface area contributed by atoms with Gasteiger partial charge in [0.2, 0.25) is 0 Å². The summed E-state index contributed by atoms with van der Waals surface area (Å²) in [7, 11) is -5.09. The molecule has 1 unspecified atom stereocenters. The van der Waals surface area contributed by atoms with Gasteiger partial charge < -0.3 is 10.2 Å². The first kappa shape index (κ1) is 22.0. The summed E-state index contributed by atoms with van der Waals surface area (Å²) in [6, 6.07) is 11.7. The van der Waals surface area contributed by atoms with Gasteiger partial charge in [-0.2, -0.15) is 8.42 Å². The molecule has 10 heteroatoms. The maximum atomic E-state index is 12.9. The molecule has 3 aromatic carbocycles. The number of aromatic hydroxyl groups is 2. The van der Waals surface area contributed by atoms with Gasteiger partial charge in [0.15, 0.2) is 4.75 Å². The summed E-state index contributed by atoms with van der Waals surface area (Å²) < 4.78 is 33.9. The Bertz CT molecular complexity index is 1190. The first-order chi connectivity index (χ1) is 13.5. The summed E-state index contributed by atoms with van der Waals surface area (Å²) >= 11 is 24.2. The molecule has 0 spiro atoms. The molecule has 152 valence electrons. The van der Waals surface area contributed by atoms with E-state index in [2.05, 4.69) is 0 Å². The summed E-state index contributed by atoms with van der Waals surface area (Å²) in [6.45, 7) is 0. The first-order valence-electron chi connectivity index (χ1n) is 7.89. The summed E-state index contributed by atoms with van der Waals surface area (Å²) in [5.41, 5.74) is -0.535. The molecule has 0 heterocycles. The smallest absolute Gasteiger partial charge is 0.283 e. The Morgan fingerprint density at radius 3 is 1.97 bits per heavy atom. The summed E-state index contributed by atoms with van der Waals surface area (Å²) in [5, 5.41) is 20.5. The Morgan fingerprint density at radius 2 is 1.41 bits per heavy atom. The van der Waals surface area contributed by atoms with Gasteiger partial charge in [-0.15, -0.1) is 0 Å². The van der Waals surface area contributed by atoms with E-state index in [0.717, 1.165) is 18.2 Å². The first-order valence-corrected chi connectivity index (χ1v) is 10.8. The zero-order valence-corrected chi connectivity index (χ0v) is 18.1. The molecule has 0 saturated carbocycles. The predicted octanol–water partition coefficient (Wildman–Crippen LogP) is 5.89. The van der Waals surface area contributed by atoms with Crippen molar-refractivity contribution in [2.75, 3.05) is 0 Å². The fourth-order valence-corrected chi connectivity index (χ4v) is 5.36. The lowest BCUT2D eigenvalue weighted by Crippen LogP contribution is -2.38. The van der Waals surface area contributed by atoms with Gasteiger partial charge in [-0.25, -0.2) is 0 Å². The van der Waals surface area contributed by atoms with Crippen LogP contribution >= 0.6 is 46.4 Å². The Kier molecular flexibility index (Phi) is 5.98. The van der Waals surface area contributed by atoms with Crippen molar-refractivity contribution in [1.82, 2.24) is 0 Å². The molecule has 1 atom stereocenters. The number of halogens is 4. The molecular weight excluding hydrogens is 482 g/mol. The zero-order chi connectivity index (χ0) is 21.6. The molecule has 0 aromatic heterocycles. The molecule has 0 aliphatic rings. The maximum Gasteiger partial charge on any atom is 0.283 e. The number of phenols is 2. The van der Waals surface area contributed by atoms with E-state index in [-0.39, 0.29) is 36.8 Å². The van der Waals surface area contributed by atoms with Gasteiger partial charge in [0.05, 0.1) is 5.02 Å². The summed E-state index contributed by atoms with van der Waals surface area (Å²) in [5.74, 6) is -1.05. The standard InChI is InChI=1S/C19H12Cl4O5S/c20-11-5-6-13(16(24)9-11)19(29(26,27)28,12-3-1-2-4-14(12)21)10-7-15(22)18(23)17(25)8-10/h1-9,24-25H,(H,26,27,28). The Hall–Kier alpha value is -1.67. The molecule has 0 fully saturated rings. The second-order valence-corrected chi connectivity index (χ2v) is 9.28. The lowest BCUT2D eigenvalue weighted by Gasteiger charge is -2.34. The number of hydrogen-bond acceptors (Lipinski definition) is 4. The fraction of sp³-hybridized carbons (Fsp3) is 0.0526. The Morgan fingerprint density at radius 1 is 0.759 bits per heavy atom. The highest BCUT2D eigenvalue weighted by Gasteiger charge is 2.51. The minimum atomic E-state index is -5.09. The highest BCUT2D eigenvalue weighted by atomic mass is 35.5. The van der Waals surface area contributed by atoms with Crippen LogP contribution in [-0.4, -0.2) is 23.2 Å². The van der Waals surface area contributed by atoms with E-state index in [1.165, 1.54) is 30.3 Å². The molecule has 3 aromatic rings. The van der Waals surface area contributed by atoms with Crippen molar-refractivity contribution in [2.24, 2.45) is 0 Å². The van der Waals surface area contributed by atoms with Crippen molar-refractivity contribution in [3.8, 4) is 11.5 Å². The minimum Gasteiger partial charge on any atom is -0.508 e. The van der Waals surface area contributed by atoms with Gasteiger partial charge in [0.25, 0.3) is 10.1 Å². The van der Waals surface area contributed by atoms with E-state index in [9.17, 15) is 23.2 Å². The van der Waals surface area contributed by atoms with Crippen molar-refractivity contribution in [1.29, 1.82) is 0 Å². The van der Waals surface area contributed by atoms with Gasteiger partial charge in [-0.1, -0.05) is 70.7 Å². The van der Waals surface area contributed by atoms with E-state index < -0.39 is 26.4 Å². The average molecular weight is 494 g/mol. The monoisotopic (exact) mass is 492 g/mol. The van der Waals surface area contributed by atoms with Crippen LogP contribution in [0.1, 0.15) is 16.7 Å². The van der Waals surface area contributed by atoms with Gasteiger partial charge >= 0.3 is 0 Å². The SMILES string of the molecule is O=S(=O)(O)C(c1cc(O)c(Cl)c(Cl)c1)(c1ccc(Cl)cc1O)c1ccccc1Cl. The quantitative estimate of drug-likeness (QED) is 0.311. The van der Waals surface area contributed by atoms with Gasteiger partial charge in [0.1, 0.15) is 16.5 Å². The predicted molar refractivity (Wildman–Crippen MR) is 114 cm³/mol. The van der Waals surface area contributed by atoms with Gasteiger partial charge in [-0.05, 0) is 35.9 Å². The molecular formula is C19H12Cl4O5S. The lowest BCUT2D eigenvalue weighted by molar-refractivity contribution is 0.439. The number of rotatable bonds is 4. The third-order valence-corrected chi connectivity index (χ3v) is 7.20. The Labute approximate surface area is 186 Å². The van der Waals surface area contributed by atoms with Gasteiger partial charge in [0, 0.05) is 21.2 Å². The van der Waals surface area contributed by atoms with Crippen LogP contribution < -0.4 is 0 Å². The molecule has 0 aliphatic carbocycles.